The number of methoxy groups -OCH3 is 5. The van der Waals surface area contributed by atoms with E-state index in [1.165, 1.54) is 52.2 Å². The molecule has 722 valence electrons. The van der Waals surface area contributed by atoms with Crippen LogP contribution in [0.2, 0.25) is 0 Å². The molecule has 0 unspecified atom stereocenters. The van der Waals surface area contributed by atoms with Gasteiger partial charge in [0.1, 0.15) is 13.2 Å². The molecule has 31 nitrogen and oxygen atoms in total. The van der Waals surface area contributed by atoms with E-state index < -0.39 is 19.2 Å². The predicted octanol–water partition coefficient (Wildman–Crippen LogP) is 9.75. The van der Waals surface area contributed by atoms with E-state index in [0.717, 1.165) is 53.5 Å². The Bertz CT molecular complexity index is 3660. The molecule has 5 amide bonds. The average Bonchev–Trinajstić information content (AvgIpc) is 0.961. The average molecular weight is 1820 g/mol. The van der Waals surface area contributed by atoms with Gasteiger partial charge in [-0.25, -0.2) is 4.79 Å². The zero-order valence-electron chi connectivity index (χ0n) is 77.1. The Morgan fingerprint density at radius 2 is 0.423 bits per heavy atom. The van der Waals surface area contributed by atoms with Crippen molar-refractivity contribution in [1.82, 2.24) is 26.6 Å². The van der Waals surface area contributed by atoms with Gasteiger partial charge in [0.15, 0.2) is 0 Å². The van der Waals surface area contributed by atoms with Gasteiger partial charge in [-0.1, -0.05) is 257 Å². The smallest absolute Gasteiger partial charge is 0.331 e. The molecule has 31 heteroatoms. The molecule has 8 aromatic rings. The molecule has 0 bridgehead atoms. The van der Waals surface area contributed by atoms with Crippen LogP contribution in [0.25, 0.3) is 0 Å². The van der Waals surface area contributed by atoms with Crippen molar-refractivity contribution in [2.24, 2.45) is 17.2 Å². The SMILES string of the molecule is CCCC(=O)NCc1ccccc1.CCCC(=O)OC.COC(=O)CCCCO.COC(=O)CCCCO.COC(=O)CCO.COC(=O)CO.NCc1ccccc1.NCc1ccccc1.NCc1ccccc1.O=C(CCCCO)NCc1ccccc1.O=C(CCCCO)NCc1ccccc1.O=C(CCO)NCc1ccccc1.O=C(CO)NCc1ccccc1. The van der Waals surface area contributed by atoms with E-state index in [2.05, 4.69) is 50.3 Å². The lowest BCUT2D eigenvalue weighted by Crippen LogP contribution is -2.25. The molecular formula is C99H148N8O23. The minimum absolute atomic E-state index is 0.0484. The summed E-state index contributed by atoms with van der Waals surface area (Å²) < 4.78 is 21.3. The van der Waals surface area contributed by atoms with Crippen LogP contribution < -0.4 is 43.8 Å². The number of carbonyl (C=O) groups excluding carboxylic acids is 10. The maximum Gasteiger partial charge on any atom is 0.331 e. The van der Waals surface area contributed by atoms with Crippen LogP contribution in [-0.2, 0) is 124 Å². The van der Waals surface area contributed by atoms with Gasteiger partial charge < -0.3 is 108 Å². The molecule has 0 aliphatic carbocycles. The van der Waals surface area contributed by atoms with Crippen molar-refractivity contribution in [1.29, 1.82) is 0 Å². The molecule has 130 heavy (non-hydrogen) atoms. The van der Waals surface area contributed by atoms with Gasteiger partial charge in [-0.3, -0.25) is 43.2 Å². The first-order valence-electron chi connectivity index (χ1n) is 42.9. The fourth-order valence-electron chi connectivity index (χ4n) is 8.89. The summed E-state index contributed by atoms with van der Waals surface area (Å²) in [5.74, 6) is -1.75. The molecule has 0 atom stereocenters. The van der Waals surface area contributed by atoms with Gasteiger partial charge in [0.2, 0.25) is 29.5 Å². The Hall–Kier alpha value is -12.0. The van der Waals surface area contributed by atoms with E-state index >= 15 is 0 Å². The second kappa shape index (κ2) is 99.2. The Morgan fingerprint density at radius 1 is 0.223 bits per heavy atom. The first-order valence-corrected chi connectivity index (χ1v) is 42.9. The van der Waals surface area contributed by atoms with Gasteiger partial charge in [0, 0.05) is 124 Å². The van der Waals surface area contributed by atoms with Crippen LogP contribution in [0.1, 0.15) is 174 Å². The highest BCUT2D eigenvalue weighted by Gasteiger charge is 2.05. The Labute approximate surface area is 769 Å². The van der Waals surface area contributed by atoms with Crippen LogP contribution >= 0.6 is 0 Å². The highest BCUT2D eigenvalue weighted by molar-refractivity contribution is 5.78. The zero-order valence-corrected chi connectivity index (χ0v) is 77.1. The number of rotatable bonds is 39. The highest BCUT2D eigenvalue weighted by atomic mass is 16.5. The molecule has 19 N–H and O–H groups in total. The summed E-state index contributed by atoms with van der Waals surface area (Å²) in [5.41, 5.74) is 25.1. The molecule has 0 saturated carbocycles. The highest BCUT2D eigenvalue weighted by Crippen LogP contribution is 2.05. The Kier molecular flexibility index (Phi) is 96.5. The van der Waals surface area contributed by atoms with E-state index in [-0.39, 0.29) is 106 Å². The lowest BCUT2D eigenvalue weighted by molar-refractivity contribution is -0.144. The van der Waals surface area contributed by atoms with Crippen LogP contribution in [0.4, 0.5) is 0 Å². The number of carbonyl (C=O) groups is 10. The molecule has 0 spiro atoms. The Balaban J connectivity index is -0.000000438. The third kappa shape index (κ3) is 92.2. The maximum atomic E-state index is 11.3. The van der Waals surface area contributed by atoms with Gasteiger partial charge in [-0.15, -0.1) is 0 Å². The van der Waals surface area contributed by atoms with Crippen molar-refractivity contribution in [3.8, 4) is 0 Å². The largest absolute Gasteiger partial charge is 0.469 e. The van der Waals surface area contributed by atoms with E-state index in [1.807, 2.05) is 257 Å². The number of ether oxygens (including phenoxy) is 5. The van der Waals surface area contributed by atoms with Crippen molar-refractivity contribution in [3.63, 3.8) is 0 Å². The molecule has 0 radical (unpaired) electrons. The summed E-state index contributed by atoms with van der Waals surface area (Å²) in [5, 5.41) is 80.3. The predicted molar refractivity (Wildman–Crippen MR) is 506 cm³/mol. The molecule has 0 aromatic heterocycles. The number of benzene rings is 8. The summed E-state index contributed by atoms with van der Waals surface area (Å²) in [6.07, 6.45) is 10.7. The third-order valence-electron chi connectivity index (χ3n) is 16.1. The monoisotopic (exact) mass is 1820 g/mol. The van der Waals surface area contributed by atoms with Crippen LogP contribution in [0.3, 0.4) is 0 Å². The number of nitrogens with two attached hydrogens (primary N) is 3. The molecule has 0 aliphatic heterocycles. The number of unbranched alkanes of at least 4 members (excludes halogenated alkanes) is 4. The van der Waals surface area contributed by atoms with Gasteiger partial charge in [-0.05, 0) is 109 Å². The van der Waals surface area contributed by atoms with E-state index in [9.17, 15) is 47.9 Å². The normalized spacial score (nSPS) is 9.28. The summed E-state index contributed by atoms with van der Waals surface area (Å²) in [6.45, 7) is 8.07. The number of aliphatic hydroxyl groups excluding tert-OH is 8. The van der Waals surface area contributed by atoms with Crippen LogP contribution in [0.15, 0.2) is 243 Å². The van der Waals surface area contributed by atoms with Crippen molar-refractivity contribution < 1.29 is 112 Å². The van der Waals surface area contributed by atoms with E-state index in [4.69, 9.17) is 58.1 Å². The number of hydrogen-bond donors (Lipinski definition) is 16. The summed E-state index contributed by atoms with van der Waals surface area (Å²) in [6, 6.07) is 78.7. The van der Waals surface area contributed by atoms with Gasteiger partial charge >= 0.3 is 29.8 Å². The minimum Gasteiger partial charge on any atom is -0.469 e. The maximum absolute atomic E-state index is 11.3. The number of nitrogens with one attached hydrogen (secondary N) is 5. The molecular weight excluding hydrogens is 1670 g/mol. The van der Waals surface area contributed by atoms with E-state index in [0.29, 0.717) is 129 Å². The quantitative estimate of drug-likeness (QED) is 0.00967. The molecule has 8 rings (SSSR count). The Morgan fingerprint density at radius 3 is 0.592 bits per heavy atom. The fraction of sp³-hybridized carbons (Fsp3) is 0.414. The van der Waals surface area contributed by atoms with Crippen molar-refractivity contribution in [3.05, 3.63) is 287 Å². The van der Waals surface area contributed by atoms with Gasteiger partial charge in [-0.2, -0.15) is 0 Å². The standard InChI is InChI=1S/2C12H17NO2.C11H15NO.C10H13NO2.C9H11NO2.3C7H9N.2C6H12O3.C5H10O2.C4H8O3.C3H6O3/c2*14-9-5-4-8-12(15)13-10-11-6-2-1-3-7-11;1-2-6-11(13)12-9-10-7-4-3-5-8-10;12-7-6-10(13)11-8-9-4-2-1-3-5-9;11-7-9(12)10-6-8-4-2-1-3-5-8;3*8-6-7-4-2-1-3-5-7;2*1-9-6(8)4-2-3-5-7;1-3-4-5(6)7-2;1-7-4(6)2-3-5;1-6-3(5)2-4/h2*1-3,6-7,14H,4-5,8-10H2,(H,13,15);3-5,7-8H,2,6,9H2,1H3,(H,12,13);1-5,12H,6-8H2,(H,11,13);1-5,11H,6-7H2,(H,10,12);3*1-5H,6,8H2;2*7H,2-5H2,1H3;3-4H2,1-2H3;5H,2-3H2,1H3;4H,2H2,1H3. The molecule has 0 heterocycles. The van der Waals surface area contributed by atoms with Crippen LogP contribution in [-0.4, -0.2) is 189 Å². The first-order chi connectivity index (χ1) is 63.0. The third-order valence-corrected chi connectivity index (χ3v) is 16.1. The number of aliphatic hydroxyl groups is 8. The van der Waals surface area contributed by atoms with E-state index in [1.54, 1.807) is 0 Å². The fourth-order valence-corrected chi connectivity index (χ4v) is 8.89. The summed E-state index contributed by atoms with van der Waals surface area (Å²) in [4.78, 5) is 106. The lowest BCUT2D eigenvalue weighted by Gasteiger charge is -2.04. The molecule has 8 aromatic carbocycles. The van der Waals surface area contributed by atoms with Crippen LogP contribution in [0.5, 0.6) is 0 Å². The molecule has 0 saturated heterocycles. The minimum atomic E-state index is -0.602. The lowest BCUT2D eigenvalue weighted by atomic mass is 10.2. The number of esters is 5. The number of hydrogen-bond acceptors (Lipinski definition) is 26. The van der Waals surface area contributed by atoms with Crippen LogP contribution in [0, 0.1) is 0 Å². The topological polar surface area (TPSA) is 517 Å². The van der Waals surface area contributed by atoms with Crippen molar-refractivity contribution >= 4 is 59.4 Å². The second-order valence-corrected chi connectivity index (χ2v) is 26.7. The summed E-state index contributed by atoms with van der Waals surface area (Å²) in [7, 11) is 6.64. The first kappa shape index (κ1) is 127. The van der Waals surface area contributed by atoms with Gasteiger partial charge in [0.05, 0.1) is 55.2 Å². The summed E-state index contributed by atoms with van der Waals surface area (Å²) >= 11 is 0. The molecule has 0 fully saturated rings. The second-order valence-electron chi connectivity index (χ2n) is 26.7. The zero-order chi connectivity index (χ0) is 97.8. The molecule has 0 aliphatic rings. The number of amides is 5. The van der Waals surface area contributed by atoms with Crippen molar-refractivity contribution in [2.75, 3.05) is 88.4 Å². The van der Waals surface area contributed by atoms with Gasteiger partial charge in [0.25, 0.3) is 0 Å². The van der Waals surface area contributed by atoms with Crippen molar-refractivity contribution in [2.45, 2.75) is 182 Å².